The summed E-state index contributed by atoms with van der Waals surface area (Å²) in [6.07, 6.45) is 0. The summed E-state index contributed by atoms with van der Waals surface area (Å²) in [6.45, 7) is 13.6. The summed E-state index contributed by atoms with van der Waals surface area (Å²) < 4.78 is 5.05. The number of hydrogen-bond acceptors (Lipinski definition) is 4. The SMILES string of the molecule is COCCNCc1sc(C(C)C)nc1C(C)(C)C. The Kier molecular flexibility index (Phi) is 5.76. The molecule has 0 amide bonds. The summed E-state index contributed by atoms with van der Waals surface area (Å²) in [5, 5.41) is 4.65. The third kappa shape index (κ3) is 4.34. The molecule has 0 saturated heterocycles. The standard InChI is InChI=1S/C14H26N2OS/c1-10(2)13-16-12(14(3,4)5)11(18-13)9-15-7-8-17-6/h10,15H,7-9H2,1-6H3. The molecule has 1 N–H and O–H groups in total. The van der Waals surface area contributed by atoms with Gasteiger partial charge in [-0.05, 0) is 0 Å². The number of thiazole rings is 1. The van der Waals surface area contributed by atoms with E-state index in [-0.39, 0.29) is 5.41 Å². The van der Waals surface area contributed by atoms with Gasteiger partial charge in [0.05, 0.1) is 17.3 Å². The second kappa shape index (κ2) is 6.64. The van der Waals surface area contributed by atoms with Gasteiger partial charge in [-0.25, -0.2) is 4.98 Å². The number of methoxy groups -OCH3 is 1. The van der Waals surface area contributed by atoms with Crippen LogP contribution in [0, 0.1) is 0 Å². The van der Waals surface area contributed by atoms with Crippen LogP contribution in [0.15, 0.2) is 0 Å². The maximum Gasteiger partial charge on any atom is 0.0957 e. The summed E-state index contributed by atoms with van der Waals surface area (Å²) in [5.74, 6) is 0.504. The van der Waals surface area contributed by atoms with Crippen LogP contribution in [0.25, 0.3) is 0 Å². The van der Waals surface area contributed by atoms with E-state index in [1.54, 1.807) is 7.11 Å². The Balaban J connectivity index is 2.80. The van der Waals surface area contributed by atoms with Gasteiger partial charge < -0.3 is 10.1 Å². The van der Waals surface area contributed by atoms with Crippen molar-refractivity contribution in [2.24, 2.45) is 0 Å². The number of nitrogens with zero attached hydrogens (tertiary/aromatic N) is 1. The summed E-state index contributed by atoms with van der Waals surface area (Å²) in [4.78, 5) is 6.19. The molecule has 0 atom stereocenters. The Morgan fingerprint density at radius 3 is 2.50 bits per heavy atom. The molecule has 1 heterocycles. The molecule has 0 spiro atoms. The van der Waals surface area contributed by atoms with E-state index in [4.69, 9.17) is 9.72 Å². The lowest BCUT2D eigenvalue weighted by Gasteiger charge is -2.17. The maximum absolute atomic E-state index is 5.05. The fraction of sp³-hybridized carbons (Fsp3) is 0.786. The molecule has 0 aliphatic rings. The van der Waals surface area contributed by atoms with Gasteiger partial charge in [0, 0.05) is 36.4 Å². The lowest BCUT2D eigenvalue weighted by molar-refractivity contribution is 0.199. The predicted octanol–water partition coefficient (Wildman–Crippen LogP) is 3.30. The molecule has 0 saturated carbocycles. The van der Waals surface area contributed by atoms with Crippen molar-refractivity contribution in [3.8, 4) is 0 Å². The zero-order chi connectivity index (χ0) is 13.8. The highest BCUT2D eigenvalue weighted by Gasteiger charge is 2.23. The third-order valence-electron chi connectivity index (χ3n) is 2.69. The van der Waals surface area contributed by atoms with Crippen LogP contribution in [-0.4, -0.2) is 25.2 Å². The molecular formula is C14H26N2OS. The minimum Gasteiger partial charge on any atom is -0.383 e. The van der Waals surface area contributed by atoms with Crippen molar-refractivity contribution >= 4 is 11.3 Å². The van der Waals surface area contributed by atoms with E-state index in [0.717, 1.165) is 19.7 Å². The smallest absolute Gasteiger partial charge is 0.0957 e. The molecule has 0 fully saturated rings. The molecule has 104 valence electrons. The van der Waals surface area contributed by atoms with Crippen LogP contribution in [0.3, 0.4) is 0 Å². The monoisotopic (exact) mass is 270 g/mol. The first kappa shape index (κ1) is 15.6. The third-order valence-corrected chi connectivity index (χ3v) is 4.04. The van der Waals surface area contributed by atoms with Gasteiger partial charge in [-0.15, -0.1) is 11.3 Å². The fourth-order valence-electron chi connectivity index (χ4n) is 1.70. The van der Waals surface area contributed by atoms with Gasteiger partial charge in [-0.3, -0.25) is 0 Å². The quantitative estimate of drug-likeness (QED) is 0.805. The molecule has 0 radical (unpaired) electrons. The van der Waals surface area contributed by atoms with Crippen molar-refractivity contribution in [1.82, 2.24) is 10.3 Å². The van der Waals surface area contributed by atoms with E-state index < -0.39 is 0 Å². The Morgan fingerprint density at radius 1 is 1.33 bits per heavy atom. The Labute approximate surface area is 115 Å². The summed E-state index contributed by atoms with van der Waals surface area (Å²) in [6, 6.07) is 0. The first-order valence-corrected chi connectivity index (χ1v) is 7.37. The molecule has 1 rings (SSSR count). The van der Waals surface area contributed by atoms with Crippen molar-refractivity contribution in [1.29, 1.82) is 0 Å². The van der Waals surface area contributed by atoms with Gasteiger partial charge in [0.1, 0.15) is 0 Å². The molecule has 1 aromatic heterocycles. The zero-order valence-electron chi connectivity index (χ0n) is 12.5. The molecule has 3 nitrogen and oxygen atoms in total. The average molecular weight is 270 g/mol. The van der Waals surface area contributed by atoms with E-state index in [9.17, 15) is 0 Å². The van der Waals surface area contributed by atoms with Crippen LogP contribution < -0.4 is 5.32 Å². The van der Waals surface area contributed by atoms with Crippen molar-refractivity contribution < 1.29 is 4.74 Å². The Hall–Kier alpha value is -0.450. The molecule has 18 heavy (non-hydrogen) atoms. The molecule has 1 aromatic rings. The second-order valence-electron chi connectivity index (χ2n) is 5.90. The largest absolute Gasteiger partial charge is 0.383 e. The highest BCUT2D eigenvalue weighted by Crippen LogP contribution is 2.32. The predicted molar refractivity (Wildman–Crippen MR) is 78.5 cm³/mol. The topological polar surface area (TPSA) is 34.1 Å². The normalized spacial score (nSPS) is 12.4. The lowest BCUT2D eigenvalue weighted by atomic mass is 9.91. The average Bonchev–Trinajstić information content (AvgIpc) is 2.68. The second-order valence-corrected chi connectivity index (χ2v) is 7.01. The molecule has 0 aromatic carbocycles. The summed E-state index contributed by atoms with van der Waals surface area (Å²) >= 11 is 1.84. The van der Waals surface area contributed by atoms with Crippen LogP contribution >= 0.6 is 11.3 Å². The summed E-state index contributed by atoms with van der Waals surface area (Å²) in [5.41, 5.74) is 1.35. The van der Waals surface area contributed by atoms with Gasteiger partial charge in [0.15, 0.2) is 0 Å². The lowest BCUT2D eigenvalue weighted by Crippen LogP contribution is -2.21. The van der Waals surface area contributed by atoms with Crippen LogP contribution in [0.1, 0.15) is 56.1 Å². The first-order chi connectivity index (χ1) is 8.36. The van der Waals surface area contributed by atoms with Crippen LogP contribution in [0.2, 0.25) is 0 Å². The van der Waals surface area contributed by atoms with E-state index in [0.29, 0.717) is 5.92 Å². The van der Waals surface area contributed by atoms with Gasteiger partial charge in [-0.1, -0.05) is 34.6 Å². The zero-order valence-corrected chi connectivity index (χ0v) is 13.3. The fourth-order valence-corrected chi connectivity index (χ4v) is 2.95. The highest BCUT2D eigenvalue weighted by molar-refractivity contribution is 7.11. The molecular weight excluding hydrogens is 244 g/mol. The van der Waals surface area contributed by atoms with Gasteiger partial charge >= 0.3 is 0 Å². The van der Waals surface area contributed by atoms with Crippen molar-refractivity contribution in [2.45, 2.75) is 52.5 Å². The summed E-state index contributed by atoms with van der Waals surface area (Å²) in [7, 11) is 1.73. The van der Waals surface area contributed by atoms with Crippen molar-refractivity contribution in [3.05, 3.63) is 15.6 Å². The van der Waals surface area contributed by atoms with E-state index in [1.165, 1.54) is 15.6 Å². The van der Waals surface area contributed by atoms with E-state index in [2.05, 4.69) is 39.9 Å². The van der Waals surface area contributed by atoms with E-state index in [1.807, 2.05) is 11.3 Å². The number of rotatable bonds is 6. The maximum atomic E-state index is 5.05. The van der Waals surface area contributed by atoms with Crippen molar-refractivity contribution in [3.63, 3.8) is 0 Å². The minimum absolute atomic E-state index is 0.113. The Bertz CT molecular complexity index is 366. The number of ether oxygens (including phenoxy) is 1. The minimum atomic E-state index is 0.113. The molecule has 0 unspecified atom stereocenters. The van der Waals surface area contributed by atoms with Gasteiger partial charge in [-0.2, -0.15) is 0 Å². The van der Waals surface area contributed by atoms with Gasteiger partial charge in [0.25, 0.3) is 0 Å². The molecule has 0 bridgehead atoms. The number of nitrogens with one attached hydrogen (secondary N) is 1. The van der Waals surface area contributed by atoms with Crippen molar-refractivity contribution in [2.75, 3.05) is 20.3 Å². The van der Waals surface area contributed by atoms with Crippen LogP contribution in [-0.2, 0) is 16.7 Å². The highest BCUT2D eigenvalue weighted by atomic mass is 32.1. The number of hydrogen-bond donors (Lipinski definition) is 1. The van der Waals surface area contributed by atoms with E-state index >= 15 is 0 Å². The Morgan fingerprint density at radius 2 is 2.00 bits per heavy atom. The molecule has 4 heteroatoms. The van der Waals surface area contributed by atoms with Crippen LogP contribution in [0.4, 0.5) is 0 Å². The number of aromatic nitrogens is 1. The molecule has 0 aliphatic carbocycles. The van der Waals surface area contributed by atoms with Crippen LogP contribution in [0.5, 0.6) is 0 Å². The molecule has 0 aliphatic heterocycles. The first-order valence-electron chi connectivity index (χ1n) is 6.56. The van der Waals surface area contributed by atoms with Gasteiger partial charge in [0.2, 0.25) is 0 Å².